The molecule has 1 aromatic carbocycles. The fourth-order valence-corrected chi connectivity index (χ4v) is 2.31. The van der Waals surface area contributed by atoms with Crippen molar-refractivity contribution in [2.75, 3.05) is 19.8 Å². The van der Waals surface area contributed by atoms with Crippen molar-refractivity contribution in [3.05, 3.63) is 28.8 Å². The van der Waals surface area contributed by atoms with Crippen molar-refractivity contribution < 1.29 is 9.47 Å². The monoisotopic (exact) mass is 315 g/mol. The third-order valence-electron chi connectivity index (χ3n) is 3.04. The Balaban J connectivity index is 0.00000200. The lowest BCUT2D eigenvalue weighted by atomic mass is 10.2. The second-order valence-electron chi connectivity index (χ2n) is 4.51. The largest absolute Gasteiger partial charge is 0.481 e. The standard InChI is InChI=1S/C15H18ClNO2.ClH/c1-2-7-19-15-6-5-13(16)9-12(15)10-17-11-14-4-3-8-18-14;/h1,5-6,9,14,17H,3-4,7-8,10-11H2;1H. The highest BCUT2D eigenvalue weighted by atomic mass is 35.5. The molecule has 0 saturated carbocycles. The number of benzene rings is 1. The van der Waals surface area contributed by atoms with Gasteiger partial charge in [-0.2, -0.15) is 0 Å². The van der Waals surface area contributed by atoms with Crippen molar-refractivity contribution in [1.82, 2.24) is 5.32 Å². The van der Waals surface area contributed by atoms with Gasteiger partial charge in [0.1, 0.15) is 12.4 Å². The molecule has 20 heavy (non-hydrogen) atoms. The summed E-state index contributed by atoms with van der Waals surface area (Å²) in [6, 6.07) is 5.55. The zero-order valence-electron chi connectivity index (χ0n) is 11.2. The van der Waals surface area contributed by atoms with Crippen LogP contribution in [0.2, 0.25) is 5.02 Å². The summed E-state index contributed by atoms with van der Waals surface area (Å²) in [5.41, 5.74) is 1.01. The second kappa shape index (κ2) is 9.10. The van der Waals surface area contributed by atoms with Crippen LogP contribution in [0, 0.1) is 12.3 Å². The van der Waals surface area contributed by atoms with Crippen LogP contribution in [0.5, 0.6) is 5.75 Å². The quantitative estimate of drug-likeness (QED) is 0.818. The van der Waals surface area contributed by atoms with Gasteiger partial charge in [0.25, 0.3) is 0 Å². The van der Waals surface area contributed by atoms with E-state index in [9.17, 15) is 0 Å². The molecule has 1 heterocycles. The van der Waals surface area contributed by atoms with Crippen LogP contribution >= 0.6 is 24.0 Å². The molecular formula is C15H19Cl2NO2. The Labute approximate surface area is 131 Å². The minimum atomic E-state index is 0. The van der Waals surface area contributed by atoms with Gasteiger partial charge in [-0.05, 0) is 31.0 Å². The SMILES string of the molecule is C#CCOc1ccc(Cl)cc1CNCC1CCCO1.Cl. The van der Waals surface area contributed by atoms with Crippen LogP contribution in [-0.4, -0.2) is 25.9 Å². The van der Waals surface area contributed by atoms with Crippen LogP contribution in [-0.2, 0) is 11.3 Å². The van der Waals surface area contributed by atoms with Gasteiger partial charge in [0, 0.05) is 30.3 Å². The molecule has 5 heteroatoms. The van der Waals surface area contributed by atoms with Gasteiger partial charge >= 0.3 is 0 Å². The second-order valence-corrected chi connectivity index (χ2v) is 4.95. The Bertz CT molecular complexity index is 454. The maximum absolute atomic E-state index is 6.01. The number of terminal acetylenes is 1. The molecule has 1 aromatic rings. The molecule has 1 saturated heterocycles. The molecule has 110 valence electrons. The molecule has 1 fully saturated rings. The summed E-state index contributed by atoms with van der Waals surface area (Å²) in [4.78, 5) is 0. The summed E-state index contributed by atoms with van der Waals surface area (Å²) in [6.45, 7) is 2.68. The first kappa shape index (κ1) is 17.1. The van der Waals surface area contributed by atoms with Crippen LogP contribution in [0.15, 0.2) is 18.2 Å². The highest BCUT2D eigenvalue weighted by Crippen LogP contribution is 2.23. The Morgan fingerprint density at radius 2 is 2.35 bits per heavy atom. The van der Waals surface area contributed by atoms with Crippen LogP contribution < -0.4 is 10.1 Å². The van der Waals surface area contributed by atoms with E-state index >= 15 is 0 Å². The van der Waals surface area contributed by atoms with Crippen molar-refractivity contribution in [3.63, 3.8) is 0 Å². The highest BCUT2D eigenvalue weighted by molar-refractivity contribution is 6.30. The van der Waals surface area contributed by atoms with E-state index in [0.29, 0.717) is 17.7 Å². The zero-order valence-corrected chi connectivity index (χ0v) is 12.8. The molecule has 0 spiro atoms. The molecule has 0 aromatic heterocycles. The Hall–Kier alpha value is -0.920. The van der Waals surface area contributed by atoms with Gasteiger partial charge in [-0.25, -0.2) is 0 Å². The molecule has 0 bridgehead atoms. The van der Waals surface area contributed by atoms with Gasteiger partial charge in [0.15, 0.2) is 0 Å². The lowest BCUT2D eigenvalue weighted by Crippen LogP contribution is -2.26. The Morgan fingerprint density at radius 3 is 3.05 bits per heavy atom. The van der Waals surface area contributed by atoms with Gasteiger partial charge in [0.2, 0.25) is 0 Å². The van der Waals surface area contributed by atoms with Gasteiger partial charge in [-0.3, -0.25) is 0 Å². The molecule has 0 radical (unpaired) electrons. The number of hydrogen-bond donors (Lipinski definition) is 1. The average molecular weight is 316 g/mol. The van der Waals surface area contributed by atoms with Gasteiger partial charge in [-0.15, -0.1) is 18.8 Å². The topological polar surface area (TPSA) is 30.5 Å². The number of rotatable bonds is 6. The fraction of sp³-hybridized carbons (Fsp3) is 0.467. The number of hydrogen-bond acceptors (Lipinski definition) is 3. The number of nitrogens with one attached hydrogen (secondary N) is 1. The molecule has 1 aliphatic rings. The van der Waals surface area contributed by atoms with Gasteiger partial charge in [0.05, 0.1) is 6.10 Å². The number of halogens is 2. The smallest absolute Gasteiger partial charge is 0.148 e. The molecule has 2 rings (SSSR count). The van der Waals surface area contributed by atoms with Crippen LogP contribution in [0.4, 0.5) is 0 Å². The van der Waals surface area contributed by atoms with E-state index in [1.165, 1.54) is 0 Å². The lowest BCUT2D eigenvalue weighted by molar-refractivity contribution is 0.110. The molecule has 3 nitrogen and oxygen atoms in total. The first-order chi connectivity index (χ1) is 9.29. The van der Waals surface area contributed by atoms with E-state index in [1.807, 2.05) is 12.1 Å². The maximum Gasteiger partial charge on any atom is 0.148 e. The van der Waals surface area contributed by atoms with Crippen LogP contribution in [0.1, 0.15) is 18.4 Å². The summed E-state index contributed by atoms with van der Waals surface area (Å²) < 4.78 is 11.1. The van der Waals surface area contributed by atoms with E-state index in [0.717, 1.165) is 37.3 Å². The first-order valence-corrected chi connectivity index (χ1v) is 6.84. The Morgan fingerprint density at radius 1 is 1.50 bits per heavy atom. The zero-order chi connectivity index (χ0) is 13.5. The highest BCUT2D eigenvalue weighted by Gasteiger charge is 2.15. The van der Waals surface area contributed by atoms with E-state index in [1.54, 1.807) is 6.07 Å². The molecule has 1 N–H and O–H groups in total. The van der Waals surface area contributed by atoms with Crippen LogP contribution in [0.3, 0.4) is 0 Å². The van der Waals surface area contributed by atoms with Gasteiger partial charge < -0.3 is 14.8 Å². The summed E-state index contributed by atoms with van der Waals surface area (Å²) in [6.07, 6.45) is 7.81. The average Bonchev–Trinajstić information content (AvgIpc) is 2.91. The molecule has 1 aliphatic heterocycles. The van der Waals surface area contributed by atoms with E-state index in [2.05, 4.69) is 11.2 Å². The van der Waals surface area contributed by atoms with Crippen molar-refractivity contribution in [2.24, 2.45) is 0 Å². The Kier molecular flexibility index (Phi) is 7.79. The summed E-state index contributed by atoms with van der Waals surface area (Å²) in [5, 5.41) is 4.07. The summed E-state index contributed by atoms with van der Waals surface area (Å²) in [7, 11) is 0. The van der Waals surface area contributed by atoms with E-state index in [4.69, 9.17) is 27.5 Å². The van der Waals surface area contributed by atoms with Gasteiger partial charge in [-0.1, -0.05) is 17.5 Å². The normalized spacial score (nSPS) is 17.3. The van der Waals surface area contributed by atoms with Crippen molar-refractivity contribution >= 4 is 24.0 Å². The van der Waals surface area contributed by atoms with Crippen molar-refractivity contribution in [3.8, 4) is 18.1 Å². The lowest BCUT2D eigenvalue weighted by Gasteiger charge is -2.13. The first-order valence-electron chi connectivity index (χ1n) is 6.46. The molecule has 1 unspecified atom stereocenters. The minimum Gasteiger partial charge on any atom is -0.481 e. The van der Waals surface area contributed by atoms with Crippen molar-refractivity contribution in [2.45, 2.75) is 25.5 Å². The van der Waals surface area contributed by atoms with Crippen LogP contribution in [0.25, 0.3) is 0 Å². The fourth-order valence-electron chi connectivity index (χ4n) is 2.12. The molecule has 1 atom stereocenters. The predicted molar refractivity (Wildman–Crippen MR) is 83.7 cm³/mol. The van der Waals surface area contributed by atoms with E-state index < -0.39 is 0 Å². The third-order valence-corrected chi connectivity index (χ3v) is 3.28. The minimum absolute atomic E-state index is 0. The molecule has 0 amide bonds. The molecular weight excluding hydrogens is 297 g/mol. The number of ether oxygens (including phenoxy) is 2. The summed E-state index contributed by atoms with van der Waals surface area (Å²) in [5.74, 6) is 3.24. The van der Waals surface area contributed by atoms with Crippen molar-refractivity contribution in [1.29, 1.82) is 0 Å². The van der Waals surface area contributed by atoms with E-state index in [-0.39, 0.29) is 19.0 Å². The third kappa shape index (κ3) is 5.22. The maximum atomic E-state index is 6.01. The predicted octanol–water partition coefficient (Wildman–Crippen LogP) is 3.04. The molecule has 0 aliphatic carbocycles. The summed E-state index contributed by atoms with van der Waals surface area (Å²) >= 11 is 6.01.